The molecule has 0 amide bonds. The molecule has 0 radical (unpaired) electrons. The van der Waals surface area contributed by atoms with E-state index in [2.05, 4.69) is 16.8 Å². The molecule has 38 heavy (non-hydrogen) atoms. The molecule has 3 heterocycles. The fourth-order valence-corrected chi connectivity index (χ4v) is 4.55. The molecule has 10 nitrogen and oxygen atoms in total. The Hall–Kier alpha value is -4.75. The molecule has 3 aromatic heterocycles. The maximum Gasteiger partial charge on any atom is 0.332 e. The van der Waals surface area contributed by atoms with Crippen molar-refractivity contribution >= 4 is 28.0 Å². The number of anilines is 1. The third kappa shape index (κ3) is 4.33. The van der Waals surface area contributed by atoms with Crippen molar-refractivity contribution in [2.45, 2.75) is 20.0 Å². The lowest BCUT2D eigenvalue weighted by Crippen LogP contribution is -2.40. The first-order chi connectivity index (χ1) is 18.4. The van der Waals surface area contributed by atoms with E-state index in [1.807, 2.05) is 66.5 Å². The minimum Gasteiger partial charge on any atom is -0.344 e. The zero-order chi connectivity index (χ0) is 26.8. The maximum atomic E-state index is 13.8. The standard InChI is InChI=1S/C28H28N8O2/c1-4-5-16-35-24-25(32-27(35)33(2)17-15-29)34(3)28(38)36(26(24)37)18-22-30-21-14-10-9-13-20(21)23(31-22)19-11-7-6-8-12-19/h6-14H,15-18,29H2,1-3H3. The molecule has 0 spiro atoms. The second-order valence-electron chi connectivity index (χ2n) is 8.91. The van der Waals surface area contributed by atoms with Gasteiger partial charge in [-0.1, -0.05) is 54.5 Å². The number of benzene rings is 2. The van der Waals surface area contributed by atoms with Crippen molar-refractivity contribution in [1.29, 1.82) is 0 Å². The highest BCUT2D eigenvalue weighted by molar-refractivity contribution is 5.92. The Morgan fingerprint density at radius 1 is 0.974 bits per heavy atom. The minimum atomic E-state index is -0.500. The molecule has 0 fully saturated rings. The summed E-state index contributed by atoms with van der Waals surface area (Å²) in [6, 6.07) is 17.5. The van der Waals surface area contributed by atoms with Crippen LogP contribution >= 0.6 is 0 Å². The topological polar surface area (TPSA) is 117 Å². The Kier molecular flexibility index (Phi) is 6.77. The first-order valence-corrected chi connectivity index (χ1v) is 12.3. The molecule has 0 atom stereocenters. The Labute approximate surface area is 219 Å². The number of nitrogens with two attached hydrogens (primary N) is 1. The van der Waals surface area contributed by atoms with E-state index in [0.29, 0.717) is 24.9 Å². The average molecular weight is 509 g/mol. The van der Waals surface area contributed by atoms with Gasteiger partial charge in [-0.3, -0.25) is 18.5 Å². The van der Waals surface area contributed by atoms with Gasteiger partial charge in [0.2, 0.25) is 5.95 Å². The molecule has 2 N–H and O–H groups in total. The van der Waals surface area contributed by atoms with Crippen molar-refractivity contribution < 1.29 is 0 Å². The lowest BCUT2D eigenvalue weighted by Gasteiger charge is -2.17. The molecule has 0 aliphatic heterocycles. The van der Waals surface area contributed by atoms with E-state index in [4.69, 9.17) is 15.7 Å². The quantitative estimate of drug-likeness (QED) is 0.334. The molecule has 0 aliphatic rings. The van der Waals surface area contributed by atoms with Gasteiger partial charge < -0.3 is 10.6 Å². The summed E-state index contributed by atoms with van der Waals surface area (Å²) < 4.78 is 4.27. The first kappa shape index (κ1) is 24.9. The molecule has 0 unspecified atom stereocenters. The Morgan fingerprint density at radius 2 is 1.71 bits per heavy atom. The normalized spacial score (nSPS) is 11.1. The lowest BCUT2D eigenvalue weighted by atomic mass is 10.1. The number of para-hydroxylation sites is 1. The summed E-state index contributed by atoms with van der Waals surface area (Å²) >= 11 is 0. The second-order valence-corrected chi connectivity index (χ2v) is 8.91. The number of fused-ring (bicyclic) bond motifs is 2. The van der Waals surface area contributed by atoms with E-state index in [0.717, 1.165) is 26.7 Å². The number of aryl methyl sites for hydroxylation is 1. The number of hydrogen-bond donors (Lipinski definition) is 1. The highest BCUT2D eigenvalue weighted by Crippen LogP contribution is 2.26. The van der Waals surface area contributed by atoms with E-state index >= 15 is 0 Å². The van der Waals surface area contributed by atoms with Crippen LogP contribution in [-0.2, 0) is 20.1 Å². The molecule has 10 heteroatoms. The van der Waals surface area contributed by atoms with Crippen LogP contribution in [0.15, 0.2) is 64.2 Å². The molecule has 2 aromatic carbocycles. The summed E-state index contributed by atoms with van der Waals surface area (Å²) in [6.45, 7) is 2.82. The monoisotopic (exact) mass is 508 g/mol. The third-order valence-corrected chi connectivity index (χ3v) is 6.43. The Balaban J connectivity index is 1.72. The van der Waals surface area contributed by atoms with Crippen LogP contribution in [0.2, 0.25) is 0 Å². The number of aromatic nitrogens is 6. The summed E-state index contributed by atoms with van der Waals surface area (Å²) in [5.41, 5.74) is 7.76. The predicted molar refractivity (Wildman–Crippen MR) is 149 cm³/mol. The molecular formula is C28H28N8O2. The highest BCUT2D eigenvalue weighted by Gasteiger charge is 2.22. The molecule has 192 valence electrons. The van der Waals surface area contributed by atoms with Crippen molar-refractivity contribution in [3.63, 3.8) is 0 Å². The third-order valence-electron chi connectivity index (χ3n) is 6.43. The Bertz CT molecular complexity index is 1820. The number of likely N-dealkylation sites (N-methyl/N-ethyl adjacent to an activating group) is 1. The summed E-state index contributed by atoms with van der Waals surface area (Å²) in [5.74, 6) is 6.76. The van der Waals surface area contributed by atoms with Crippen LogP contribution in [0.25, 0.3) is 33.3 Å². The van der Waals surface area contributed by atoms with Crippen LogP contribution in [0.1, 0.15) is 12.7 Å². The lowest BCUT2D eigenvalue weighted by molar-refractivity contribution is 0.634. The molecule has 0 saturated heterocycles. The zero-order valence-corrected chi connectivity index (χ0v) is 21.5. The van der Waals surface area contributed by atoms with E-state index < -0.39 is 11.2 Å². The van der Waals surface area contributed by atoms with Crippen molar-refractivity contribution in [1.82, 2.24) is 28.7 Å². The SMILES string of the molecule is CC#CCn1c(N(C)CCN)nc2c1c(=O)n(Cc1nc(-c3ccccc3)c3ccccc3n1)c(=O)n2C. The van der Waals surface area contributed by atoms with Crippen LogP contribution in [0.3, 0.4) is 0 Å². The van der Waals surface area contributed by atoms with Crippen molar-refractivity contribution in [2.24, 2.45) is 12.8 Å². The molecule has 5 rings (SSSR count). The number of rotatable bonds is 7. The summed E-state index contributed by atoms with van der Waals surface area (Å²) in [5, 5.41) is 0.891. The van der Waals surface area contributed by atoms with Crippen LogP contribution in [0, 0.1) is 11.8 Å². The highest BCUT2D eigenvalue weighted by atomic mass is 16.2. The summed E-state index contributed by atoms with van der Waals surface area (Å²) in [6.07, 6.45) is 0. The fraction of sp³-hybridized carbons (Fsp3) is 0.250. The van der Waals surface area contributed by atoms with Gasteiger partial charge in [0.25, 0.3) is 5.56 Å². The van der Waals surface area contributed by atoms with Gasteiger partial charge in [0.1, 0.15) is 5.82 Å². The number of hydrogen-bond acceptors (Lipinski definition) is 7. The molecule has 0 bridgehead atoms. The minimum absolute atomic E-state index is 0.0925. The van der Waals surface area contributed by atoms with Gasteiger partial charge in [0.15, 0.2) is 11.2 Å². The van der Waals surface area contributed by atoms with E-state index in [1.54, 1.807) is 18.5 Å². The van der Waals surface area contributed by atoms with E-state index in [1.165, 1.54) is 4.57 Å². The van der Waals surface area contributed by atoms with Crippen molar-refractivity contribution in [3.05, 3.63) is 81.3 Å². The first-order valence-electron chi connectivity index (χ1n) is 12.3. The van der Waals surface area contributed by atoms with E-state index in [-0.39, 0.29) is 24.3 Å². The summed E-state index contributed by atoms with van der Waals surface area (Å²) in [7, 11) is 3.45. The number of nitrogens with zero attached hydrogens (tertiary/aromatic N) is 7. The van der Waals surface area contributed by atoms with Gasteiger partial charge in [0.05, 0.1) is 24.3 Å². The van der Waals surface area contributed by atoms with Gasteiger partial charge in [-0.05, 0) is 13.0 Å². The largest absolute Gasteiger partial charge is 0.344 e. The van der Waals surface area contributed by atoms with Crippen molar-refractivity contribution in [3.8, 4) is 23.1 Å². The van der Waals surface area contributed by atoms with Crippen LogP contribution < -0.4 is 21.9 Å². The zero-order valence-electron chi connectivity index (χ0n) is 21.5. The van der Waals surface area contributed by atoms with Gasteiger partial charge in [0, 0.05) is 38.1 Å². The second kappa shape index (κ2) is 10.3. The van der Waals surface area contributed by atoms with Gasteiger partial charge in [-0.15, -0.1) is 5.92 Å². The summed E-state index contributed by atoms with van der Waals surface area (Å²) in [4.78, 5) is 43.2. The van der Waals surface area contributed by atoms with Gasteiger partial charge in [-0.25, -0.2) is 14.8 Å². The maximum absolute atomic E-state index is 13.8. The van der Waals surface area contributed by atoms with Crippen LogP contribution in [0.4, 0.5) is 5.95 Å². The molecular weight excluding hydrogens is 480 g/mol. The molecule has 0 saturated carbocycles. The van der Waals surface area contributed by atoms with Crippen LogP contribution in [-0.4, -0.2) is 48.8 Å². The van der Waals surface area contributed by atoms with Crippen LogP contribution in [0.5, 0.6) is 0 Å². The van der Waals surface area contributed by atoms with E-state index in [9.17, 15) is 9.59 Å². The average Bonchev–Trinajstić information content (AvgIpc) is 3.33. The Morgan fingerprint density at radius 3 is 2.45 bits per heavy atom. The number of imidazole rings is 1. The van der Waals surface area contributed by atoms with Gasteiger partial charge in [-0.2, -0.15) is 4.98 Å². The van der Waals surface area contributed by atoms with Gasteiger partial charge >= 0.3 is 5.69 Å². The fourth-order valence-electron chi connectivity index (χ4n) is 4.55. The molecule has 5 aromatic rings. The van der Waals surface area contributed by atoms with Crippen molar-refractivity contribution in [2.75, 3.05) is 25.0 Å². The smallest absolute Gasteiger partial charge is 0.332 e. The molecule has 0 aliphatic carbocycles. The predicted octanol–water partition coefficient (Wildman–Crippen LogP) is 1.97.